The zero-order chi connectivity index (χ0) is 8.55. The molecule has 4 N–H and O–H groups in total. The molecule has 2 unspecified atom stereocenters. The molecule has 2 rings (SSSR count). The van der Waals surface area contributed by atoms with Gasteiger partial charge in [0.2, 0.25) is 0 Å². The Bertz CT molecular complexity index is 159. The summed E-state index contributed by atoms with van der Waals surface area (Å²) < 4.78 is 5.12. The van der Waals surface area contributed by atoms with E-state index in [0.29, 0.717) is 25.3 Å². The highest BCUT2D eigenvalue weighted by atomic mass is 16.5. The monoisotopic (exact) mass is 172 g/mol. The van der Waals surface area contributed by atoms with Crippen molar-refractivity contribution in [3.63, 3.8) is 0 Å². The zero-order valence-corrected chi connectivity index (χ0v) is 7.07. The number of ether oxygens (including phenoxy) is 1. The second-order valence-corrected chi connectivity index (χ2v) is 3.81. The lowest BCUT2D eigenvalue weighted by Crippen LogP contribution is -2.54. The first kappa shape index (κ1) is 8.44. The molecule has 1 aliphatic carbocycles. The average molecular weight is 172 g/mol. The lowest BCUT2D eigenvalue weighted by molar-refractivity contribution is 0.118. The Balaban J connectivity index is 1.72. The number of aliphatic hydroxyl groups excluding tert-OH is 1. The van der Waals surface area contributed by atoms with Crippen molar-refractivity contribution < 1.29 is 9.84 Å². The fourth-order valence-electron chi connectivity index (χ4n) is 1.80. The SMILES string of the molecule is NC1CC(NC2COCC2O)C1. The molecule has 4 nitrogen and oxygen atoms in total. The Labute approximate surface area is 72.1 Å². The predicted octanol–water partition coefficient (Wildman–Crippen LogP) is -1.17. The Morgan fingerprint density at radius 3 is 2.58 bits per heavy atom. The van der Waals surface area contributed by atoms with Gasteiger partial charge in [-0.15, -0.1) is 0 Å². The molecule has 12 heavy (non-hydrogen) atoms. The largest absolute Gasteiger partial charge is 0.389 e. The molecule has 0 amide bonds. The van der Waals surface area contributed by atoms with Crippen molar-refractivity contribution in [1.29, 1.82) is 0 Å². The van der Waals surface area contributed by atoms with Crippen LogP contribution < -0.4 is 11.1 Å². The summed E-state index contributed by atoms with van der Waals surface area (Å²) in [7, 11) is 0. The van der Waals surface area contributed by atoms with Crippen LogP contribution in [0.25, 0.3) is 0 Å². The average Bonchev–Trinajstić information content (AvgIpc) is 2.33. The fourth-order valence-corrected chi connectivity index (χ4v) is 1.80. The quantitative estimate of drug-likeness (QED) is 0.491. The number of rotatable bonds is 2. The van der Waals surface area contributed by atoms with Crippen molar-refractivity contribution >= 4 is 0 Å². The van der Waals surface area contributed by atoms with Crippen molar-refractivity contribution in [3.05, 3.63) is 0 Å². The summed E-state index contributed by atoms with van der Waals surface area (Å²) in [5, 5.41) is 12.7. The fraction of sp³-hybridized carbons (Fsp3) is 1.00. The Morgan fingerprint density at radius 1 is 1.33 bits per heavy atom. The lowest BCUT2D eigenvalue weighted by atomic mass is 9.87. The third-order valence-corrected chi connectivity index (χ3v) is 2.67. The summed E-state index contributed by atoms with van der Waals surface area (Å²) in [5.41, 5.74) is 5.64. The Hall–Kier alpha value is -0.160. The number of nitrogens with one attached hydrogen (secondary N) is 1. The molecule has 0 spiro atoms. The van der Waals surface area contributed by atoms with E-state index in [0.717, 1.165) is 12.8 Å². The Morgan fingerprint density at radius 2 is 2.08 bits per heavy atom. The van der Waals surface area contributed by atoms with Crippen LogP contribution in [0.2, 0.25) is 0 Å². The van der Waals surface area contributed by atoms with Crippen molar-refractivity contribution in [2.24, 2.45) is 5.73 Å². The number of aliphatic hydroxyl groups is 1. The van der Waals surface area contributed by atoms with Crippen LogP contribution in [0.1, 0.15) is 12.8 Å². The molecular weight excluding hydrogens is 156 g/mol. The van der Waals surface area contributed by atoms with Crippen LogP contribution in [0.5, 0.6) is 0 Å². The molecule has 0 aromatic rings. The first-order valence-electron chi connectivity index (χ1n) is 4.53. The van der Waals surface area contributed by atoms with Gasteiger partial charge in [0.05, 0.1) is 25.4 Å². The maximum atomic E-state index is 9.40. The van der Waals surface area contributed by atoms with E-state index >= 15 is 0 Å². The molecule has 70 valence electrons. The zero-order valence-electron chi connectivity index (χ0n) is 7.07. The van der Waals surface area contributed by atoms with Crippen molar-refractivity contribution in [1.82, 2.24) is 5.32 Å². The normalized spacial score (nSPS) is 47.5. The first-order chi connectivity index (χ1) is 5.75. The van der Waals surface area contributed by atoms with E-state index in [4.69, 9.17) is 10.5 Å². The van der Waals surface area contributed by atoms with E-state index in [-0.39, 0.29) is 12.1 Å². The molecule has 0 aromatic heterocycles. The molecule has 1 aliphatic heterocycles. The minimum Gasteiger partial charge on any atom is -0.389 e. The molecule has 0 aromatic carbocycles. The summed E-state index contributed by atoms with van der Waals surface area (Å²) in [5.74, 6) is 0. The number of hydrogen-bond acceptors (Lipinski definition) is 4. The third kappa shape index (κ3) is 1.61. The van der Waals surface area contributed by atoms with E-state index in [2.05, 4.69) is 5.32 Å². The molecule has 1 saturated carbocycles. The minimum atomic E-state index is -0.332. The molecule has 1 heterocycles. The Kier molecular flexibility index (Phi) is 2.32. The molecular formula is C8H16N2O2. The molecule has 0 bridgehead atoms. The van der Waals surface area contributed by atoms with Crippen LogP contribution in [-0.4, -0.2) is 42.5 Å². The van der Waals surface area contributed by atoms with Gasteiger partial charge in [0.15, 0.2) is 0 Å². The highest BCUT2D eigenvalue weighted by molar-refractivity contribution is 4.92. The van der Waals surface area contributed by atoms with E-state index in [1.807, 2.05) is 0 Å². The van der Waals surface area contributed by atoms with Crippen molar-refractivity contribution in [2.75, 3.05) is 13.2 Å². The van der Waals surface area contributed by atoms with E-state index in [1.165, 1.54) is 0 Å². The topological polar surface area (TPSA) is 67.5 Å². The summed E-state index contributed by atoms with van der Waals surface area (Å²) in [6, 6.07) is 0.991. The molecule has 2 fully saturated rings. The van der Waals surface area contributed by atoms with Gasteiger partial charge in [0.1, 0.15) is 0 Å². The number of nitrogens with two attached hydrogens (primary N) is 1. The summed E-state index contributed by atoms with van der Waals surface area (Å²) >= 11 is 0. The highest BCUT2D eigenvalue weighted by Gasteiger charge is 2.32. The maximum absolute atomic E-state index is 9.40. The molecule has 4 heteroatoms. The first-order valence-corrected chi connectivity index (χ1v) is 4.53. The van der Waals surface area contributed by atoms with Gasteiger partial charge >= 0.3 is 0 Å². The predicted molar refractivity (Wildman–Crippen MR) is 44.7 cm³/mol. The van der Waals surface area contributed by atoms with Gasteiger partial charge in [-0.2, -0.15) is 0 Å². The second kappa shape index (κ2) is 3.30. The van der Waals surface area contributed by atoms with Crippen LogP contribution >= 0.6 is 0 Å². The lowest BCUT2D eigenvalue weighted by Gasteiger charge is -2.35. The van der Waals surface area contributed by atoms with Gasteiger partial charge in [-0.05, 0) is 12.8 Å². The van der Waals surface area contributed by atoms with Crippen LogP contribution in [0, 0.1) is 0 Å². The van der Waals surface area contributed by atoms with Crippen LogP contribution in [-0.2, 0) is 4.74 Å². The molecule has 1 saturated heterocycles. The second-order valence-electron chi connectivity index (χ2n) is 3.81. The standard InChI is InChI=1S/C8H16N2O2/c9-5-1-6(2-5)10-7-3-12-4-8(7)11/h5-8,10-11H,1-4,9H2. The minimum absolute atomic E-state index is 0.127. The van der Waals surface area contributed by atoms with Gasteiger partial charge in [-0.25, -0.2) is 0 Å². The smallest absolute Gasteiger partial charge is 0.0948 e. The van der Waals surface area contributed by atoms with E-state index < -0.39 is 0 Å². The molecule has 2 aliphatic rings. The van der Waals surface area contributed by atoms with Crippen molar-refractivity contribution in [2.45, 2.75) is 37.1 Å². The number of hydrogen-bond donors (Lipinski definition) is 3. The van der Waals surface area contributed by atoms with Gasteiger partial charge in [-0.1, -0.05) is 0 Å². The van der Waals surface area contributed by atoms with Gasteiger partial charge < -0.3 is 20.9 Å². The van der Waals surface area contributed by atoms with Crippen molar-refractivity contribution in [3.8, 4) is 0 Å². The van der Waals surface area contributed by atoms with Crippen LogP contribution in [0.3, 0.4) is 0 Å². The van der Waals surface area contributed by atoms with E-state index in [9.17, 15) is 5.11 Å². The highest BCUT2D eigenvalue weighted by Crippen LogP contribution is 2.19. The van der Waals surface area contributed by atoms with Gasteiger partial charge in [0.25, 0.3) is 0 Å². The van der Waals surface area contributed by atoms with Crippen LogP contribution in [0.4, 0.5) is 0 Å². The third-order valence-electron chi connectivity index (χ3n) is 2.67. The summed E-state index contributed by atoms with van der Waals surface area (Å²) in [6.07, 6.45) is 1.73. The van der Waals surface area contributed by atoms with Gasteiger partial charge in [-0.3, -0.25) is 0 Å². The summed E-state index contributed by atoms with van der Waals surface area (Å²) in [4.78, 5) is 0. The maximum Gasteiger partial charge on any atom is 0.0948 e. The van der Waals surface area contributed by atoms with E-state index in [1.54, 1.807) is 0 Å². The molecule has 0 radical (unpaired) electrons. The van der Waals surface area contributed by atoms with Gasteiger partial charge in [0, 0.05) is 12.1 Å². The molecule has 2 atom stereocenters. The summed E-state index contributed by atoms with van der Waals surface area (Å²) in [6.45, 7) is 1.10. The van der Waals surface area contributed by atoms with Crippen LogP contribution in [0.15, 0.2) is 0 Å².